The molecule has 7 atom stereocenters. The van der Waals surface area contributed by atoms with Gasteiger partial charge in [-0.15, -0.1) is 0 Å². The lowest BCUT2D eigenvalue weighted by Gasteiger charge is -2.46. The molecule has 9 nitrogen and oxygen atoms in total. The van der Waals surface area contributed by atoms with Gasteiger partial charge in [-0.3, -0.25) is 23.7 Å². The summed E-state index contributed by atoms with van der Waals surface area (Å²) in [5.41, 5.74) is 0.826. The van der Waals surface area contributed by atoms with Crippen LogP contribution in [0.15, 0.2) is 23.0 Å². The molecule has 0 saturated carbocycles. The van der Waals surface area contributed by atoms with Gasteiger partial charge in [0.1, 0.15) is 6.04 Å². The van der Waals surface area contributed by atoms with Crippen molar-refractivity contribution in [3.05, 3.63) is 34.2 Å². The molecule has 2 amide bonds. The Morgan fingerprint density at radius 2 is 1.61 bits per heavy atom. The summed E-state index contributed by atoms with van der Waals surface area (Å²) >= 11 is 0. The third-order valence-corrected chi connectivity index (χ3v) is 8.32. The first kappa shape index (κ1) is 22.1. The van der Waals surface area contributed by atoms with E-state index in [2.05, 4.69) is 5.32 Å². The second-order valence-electron chi connectivity index (χ2n) is 10.3. The van der Waals surface area contributed by atoms with Crippen molar-refractivity contribution in [2.75, 3.05) is 26.2 Å². The number of hydrogen-bond acceptors (Lipinski definition) is 5. The average Bonchev–Trinajstić information content (AvgIpc) is 3.47. The van der Waals surface area contributed by atoms with Gasteiger partial charge in [0.05, 0.1) is 0 Å². The molecule has 6 heterocycles. The van der Waals surface area contributed by atoms with Crippen LogP contribution in [0.2, 0.25) is 0 Å². The first-order valence-electron chi connectivity index (χ1n) is 12.0. The fourth-order valence-corrected chi connectivity index (χ4v) is 7.06. The number of pyridine rings is 1. The van der Waals surface area contributed by atoms with Crippen LogP contribution in [0.3, 0.4) is 0 Å². The second kappa shape index (κ2) is 8.27. The molecule has 4 bridgehead atoms. The van der Waals surface area contributed by atoms with Gasteiger partial charge < -0.3 is 20.2 Å². The molecule has 33 heavy (non-hydrogen) atoms. The van der Waals surface area contributed by atoms with E-state index in [4.69, 9.17) is 9.90 Å². The summed E-state index contributed by atoms with van der Waals surface area (Å²) in [7, 11) is 0. The molecule has 5 aliphatic heterocycles. The van der Waals surface area contributed by atoms with E-state index in [-0.39, 0.29) is 29.2 Å². The van der Waals surface area contributed by atoms with Crippen LogP contribution in [0.5, 0.6) is 0 Å². The van der Waals surface area contributed by atoms with E-state index in [0.29, 0.717) is 37.0 Å². The van der Waals surface area contributed by atoms with E-state index < -0.39 is 12.0 Å². The molecule has 178 valence electrons. The number of fused-ring (bicyclic) bond motifs is 9. The quantitative estimate of drug-likeness (QED) is 0.642. The first-order chi connectivity index (χ1) is 15.7. The number of carbonyl (C=O) groups excluding carboxylic acids is 2. The Kier molecular flexibility index (Phi) is 5.55. The van der Waals surface area contributed by atoms with Crippen molar-refractivity contribution in [2.24, 2.45) is 17.8 Å². The molecule has 0 aliphatic carbocycles. The Labute approximate surface area is 192 Å². The summed E-state index contributed by atoms with van der Waals surface area (Å²) in [6.07, 6.45) is 3.31. The van der Waals surface area contributed by atoms with Crippen LogP contribution in [0.4, 0.5) is 0 Å². The van der Waals surface area contributed by atoms with Gasteiger partial charge in [0.2, 0.25) is 11.8 Å². The Morgan fingerprint density at radius 1 is 0.970 bits per heavy atom. The van der Waals surface area contributed by atoms with Crippen molar-refractivity contribution in [2.45, 2.75) is 57.2 Å². The van der Waals surface area contributed by atoms with E-state index in [1.54, 1.807) is 23.6 Å². The molecule has 6 rings (SSSR count). The summed E-state index contributed by atoms with van der Waals surface area (Å²) in [5.74, 6) is 0.557. The van der Waals surface area contributed by atoms with Gasteiger partial charge in [-0.25, -0.2) is 0 Å². The molecule has 5 aliphatic rings. The molecule has 1 aromatic rings. The van der Waals surface area contributed by atoms with Crippen LogP contribution in [-0.2, 0) is 14.4 Å². The minimum atomic E-state index is -0.833. The number of aromatic nitrogens is 1. The molecule has 2 N–H and O–H groups in total. The molecule has 4 saturated heterocycles. The highest BCUT2D eigenvalue weighted by Crippen LogP contribution is 2.46. The molecule has 4 fully saturated rings. The number of nitrogens with zero attached hydrogens (tertiary/aromatic N) is 3. The molecular weight excluding hydrogens is 424 g/mol. The molecule has 0 unspecified atom stereocenters. The van der Waals surface area contributed by atoms with E-state index in [1.807, 2.05) is 15.9 Å². The topological polar surface area (TPSA) is 112 Å². The predicted octanol–water partition coefficient (Wildman–Crippen LogP) is 0.655. The van der Waals surface area contributed by atoms with E-state index in [1.165, 1.54) is 12.8 Å². The highest BCUT2D eigenvalue weighted by atomic mass is 16.4. The van der Waals surface area contributed by atoms with E-state index >= 15 is 0 Å². The first-order valence-corrected chi connectivity index (χ1v) is 12.0. The number of carboxylic acid groups (broad SMARTS) is 1. The van der Waals surface area contributed by atoms with E-state index in [9.17, 15) is 14.4 Å². The normalized spacial score (nSPS) is 35.4. The summed E-state index contributed by atoms with van der Waals surface area (Å²) in [6, 6.07) is 5.94. The molecule has 0 radical (unpaired) electrons. The average molecular weight is 457 g/mol. The minimum absolute atomic E-state index is 0.00744. The zero-order valence-corrected chi connectivity index (χ0v) is 19.1. The predicted molar refractivity (Wildman–Crippen MR) is 120 cm³/mol. The van der Waals surface area contributed by atoms with Gasteiger partial charge in [-0.05, 0) is 37.2 Å². The highest BCUT2D eigenvalue weighted by molar-refractivity contribution is 5.82. The highest BCUT2D eigenvalue weighted by Gasteiger charge is 2.54. The van der Waals surface area contributed by atoms with Gasteiger partial charge >= 0.3 is 0 Å². The summed E-state index contributed by atoms with van der Waals surface area (Å²) in [5, 5.41) is 11.1. The van der Waals surface area contributed by atoms with Crippen LogP contribution in [0, 0.1) is 17.8 Å². The molecule has 1 aromatic heterocycles. The fraction of sp³-hybridized carbons (Fsp3) is 0.667. The van der Waals surface area contributed by atoms with Crippen LogP contribution < -0.4 is 10.9 Å². The number of likely N-dealkylation sites (tertiary alicyclic amines) is 2. The SMILES string of the molecule is CC(=O)N1C[C@H]2C[C@@H](C1)[C@H](C(=O)N1C[C@@H]3[C@H](C1)[C@@H]1CC[C@H]3N1)n1c2cccc1=O.CC(=O)O. The van der Waals surface area contributed by atoms with Crippen molar-refractivity contribution >= 4 is 17.8 Å². The Bertz CT molecular complexity index is 1020. The number of piperidine rings is 1. The third kappa shape index (κ3) is 3.76. The Morgan fingerprint density at radius 3 is 2.21 bits per heavy atom. The number of amides is 2. The summed E-state index contributed by atoms with van der Waals surface area (Å²) in [4.78, 5) is 51.7. The maximum Gasteiger partial charge on any atom is 0.300 e. The largest absolute Gasteiger partial charge is 0.481 e. The van der Waals surface area contributed by atoms with Gasteiger partial charge in [-0.1, -0.05) is 6.07 Å². The number of hydrogen-bond donors (Lipinski definition) is 2. The summed E-state index contributed by atoms with van der Waals surface area (Å²) < 4.78 is 1.76. The third-order valence-electron chi connectivity index (χ3n) is 8.32. The van der Waals surface area contributed by atoms with Gasteiger partial charge in [0, 0.05) is 75.7 Å². The van der Waals surface area contributed by atoms with Crippen molar-refractivity contribution in [3.63, 3.8) is 0 Å². The van der Waals surface area contributed by atoms with Crippen LogP contribution in [-0.4, -0.2) is 75.5 Å². The van der Waals surface area contributed by atoms with E-state index in [0.717, 1.165) is 32.1 Å². The number of rotatable bonds is 1. The molecule has 0 aromatic carbocycles. The lowest BCUT2D eigenvalue weighted by atomic mass is 9.78. The zero-order valence-electron chi connectivity index (χ0n) is 19.1. The van der Waals surface area contributed by atoms with Crippen molar-refractivity contribution in [1.82, 2.24) is 19.7 Å². The number of nitrogens with one attached hydrogen (secondary N) is 1. The zero-order chi connectivity index (χ0) is 23.4. The number of carbonyl (C=O) groups is 3. The Hall–Kier alpha value is -2.68. The lowest BCUT2D eigenvalue weighted by molar-refractivity contribution is -0.141. The number of aliphatic carboxylic acids is 1. The monoisotopic (exact) mass is 456 g/mol. The second-order valence-corrected chi connectivity index (χ2v) is 10.3. The maximum absolute atomic E-state index is 13.8. The van der Waals surface area contributed by atoms with Crippen LogP contribution in [0.1, 0.15) is 50.8 Å². The van der Waals surface area contributed by atoms with Crippen LogP contribution >= 0.6 is 0 Å². The van der Waals surface area contributed by atoms with Gasteiger partial charge in [0.25, 0.3) is 11.5 Å². The maximum atomic E-state index is 13.8. The molecule has 0 spiro atoms. The van der Waals surface area contributed by atoms with Gasteiger partial charge in [0.15, 0.2) is 0 Å². The van der Waals surface area contributed by atoms with Crippen molar-refractivity contribution in [1.29, 1.82) is 0 Å². The van der Waals surface area contributed by atoms with Crippen molar-refractivity contribution in [3.8, 4) is 0 Å². The Balaban J connectivity index is 0.000000531. The minimum Gasteiger partial charge on any atom is -0.481 e. The summed E-state index contributed by atoms with van der Waals surface area (Å²) in [6.45, 7) is 5.49. The fourth-order valence-electron chi connectivity index (χ4n) is 7.06. The number of carboxylic acids is 1. The van der Waals surface area contributed by atoms with Gasteiger partial charge in [-0.2, -0.15) is 0 Å². The van der Waals surface area contributed by atoms with Crippen LogP contribution in [0.25, 0.3) is 0 Å². The molecular formula is C24H32N4O5. The van der Waals surface area contributed by atoms with Crippen molar-refractivity contribution < 1.29 is 19.5 Å². The lowest BCUT2D eigenvalue weighted by Crippen LogP contribution is -2.54. The smallest absolute Gasteiger partial charge is 0.300 e. The standard InChI is InChI=1S/C22H28N4O3.C2H4O2/c1-12(27)24-8-13-7-14(9-24)21(26-19(13)3-2-4-20(26)28)22(29)25-10-15-16(11-25)18-6-5-17(15)23-18;1-2(3)4/h2-4,13-18,21,23H,5-11H2,1H3;1H3,(H,3,4)/t13-,14+,15-,16+,17-,18+,21-;/m1./s1. The molecule has 9 heteroatoms.